The monoisotopic (exact) mass is 501 g/mol. The molecule has 0 saturated carbocycles. The summed E-state index contributed by atoms with van der Waals surface area (Å²) in [5.41, 5.74) is 3.35. The number of aromatic amines is 1. The third-order valence-corrected chi connectivity index (χ3v) is 6.44. The predicted molar refractivity (Wildman–Crippen MR) is 146 cm³/mol. The maximum Gasteiger partial charge on any atom is 0.229 e. The molecule has 1 atom stereocenters. The van der Waals surface area contributed by atoms with E-state index >= 15 is 0 Å². The van der Waals surface area contributed by atoms with Crippen molar-refractivity contribution in [3.05, 3.63) is 59.9 Å². The lowest BCUT2D eigenvalue weighted by Gasteiger charge is -2.37. The number of fused-ring (bicyclic) bond motifs is 1. The highest BCUT2D eigenvalue weighted by atomic mass is 16.2. The van der Waals surface area contributed by atoms with Crippen molar-refractivity contribution in [2.24, 2.45) is 10.8 Å². The second-order valence-corrected chi connectivity index (χ2v) is 11.4. The number of carbonyl (C=O) groups is 3. The van der Waals surface area contributed by atoms with Crippen molar-refractivity contribution in [1.82, 2.24) is 14.9 Å². The molecule has 1 aliphatic rings. The van der Waals surface area contributed by atoms with Gasteiger partial charge in [-0.25, -0.2) is 4.98 Å². The second-order valence-electron chi connectivity index (χ2n) is 11.4. The SMILES string of the molecule is CC(=O)Nc1cc(-c2[nH]c3c(c2Nc2ccccc2)C(=O)CC(C)(C(=O)N(C)CC(C)(C)C)C3)ccn1. The average molecular weight is 502 g/mol. The zero-order valence-electron chi connectivity index (χ0n) is 22.4. The van der Waals surface area contributed by atoms with E-state index in [0.717, 1.165) is 16.9 Å². The van der Waals surface area contributed by atoms with Crippen molar-refractivity contribution in [2.45, 2.75) is 47.5 Å². The molecule has 2 aromatic heterocycles. The Hall–Kier alpha value is -3.94. The van der Waals surface area contributed by atoms with Crippen LogP contribution < -0.4 is 10.6 Å². The molecule has 0 radical (unpaired) electrons. The van der Waals surface area contributed by atoms with Gasteiger partial charge in [0.25, 0.3) is 0 Å². The Balaban J connectivity index is 1.78. The maximum absolute atomic E-state index is 13.7. The van der Waals surface area contributed by atoms with Crippen LogP contribution in [0.4, 0.5) is 17.2 Å². The minimum Gasteiger partial charge on any atom is -0.356 e. The van der Waals surface area contributed by atoms with Crippen LogP contribution in [0.2, 0.25) is 0 Å². The Labute approximate surface area is 217 Å². The van der Waals surface area contributed by atoms with Gasteiger partial charge in [0.2, 0.25) is 11.8 Å². The number of rotatable bonds is 6. The molecule has 1 aliphatic carbocycles. The molecule has 0 aliphatic heterocycles. The van der Waals surface area contributed by atoms with Crippen LogP contribution >= 0.6 is 0 Å². The summed E-state index contributed by atoms with van der Waals surface area (Å²) in [4.78, 5) is 48.2. The number of hydrogen-bond acceptors (Lipinski definition) is 5. The third kappa shape index (κ3) is 5.74. The molecule has 37 heavy (non-hydrogen) atoms. The topological polar surface area (TPSA) is 107 Å². The lowest BCUT2D eigenvalue weighted by atomic mass is 9.73. The number of Topliss-reactive ketones (excluding diaryl/α,β-unsaturated/α-hetero) is 1. The Bertz CT molecular complexity index is 1340. The van der Waals surface area contributed by atoms with Gasteiger partial charge in [-0.2, -0.15) is 0 Å². The maximum atomic E-state index is 13.7. The van der Waals surface area contributed by atoms with Crippen LogP contribution in [0.3, 0.4) is 0 Å². The van der Waals surface area contributed by atoms with Gasteiger partial charge in [-0.05, 0) is 36.6 Å². The average Bonchev–Trinajstić information content (AvgIpc) is 3.16. The molecule has 1 aromatic carbocycles. The minimum atomic E-state index is -0.851. The van der Waals surface area contributed by atoms with E-state index in [1.807, 2.05) is 50.4 Å². The van der Waals surface area contributed by atoms with Crippen molar-refractivity contribution in [3.8, 4) is 11.3 Å². The van der Waals surface area contributed by atoms with E-state index in [2.05, 4.69) is 41.4 Å². The predicted octanol–water partition coefficient (Wildman–Crippen LogP) is 5.42. The zero-order chi connectivity index (χ0) is 27.0. The molecule has 1 unspecified atom stereocenters. The van der Waals surface area contributed by atoms with Gasteiger partial charge < -0.3 is 20.5 Å². The van der Waals surface area contributed by atoms with Gasteiger partial charge in [0.15, 0.2) is 5.78 Å². The lowest BCUT2D eigenvalue weighted by Crippen LogP contribution is -2.47. The molecule has 0 bridgehead atoms. The highest BCUT2D eigenvalue weighted by molar-refractivity contribution is 6.10. The van der Waals surface area contributed by atoms with E-state index in [9.17, 15) is 14.4 Å². The molecule has 0 saturated heterocycles. The molecule has 2 heterocycles. The highest BCUT2D eigenvalue weighted by Gasteiger charge is 2.45. The summed E-state index contributed by atoms with van der Waals surface area (Å²) in [6, 6.07) is 13.2. The fourth-order valence-corrected chi connectivity index (χ4v) is 5.12. The summed E-state index contributed by atoms with van der Waals surface area (Å²) >= 11 is 0. The van der Waals surface area contributed by atoms with Gasteiger partial charge in [0.05, 0.1) is 22.4 Å². The second kappa shape index (κ2) is 9.84. The van der Waals surface area contributed by atoms with Crippen LogP contribution in [0.25, 0.3) is 11.3 Å². The molecule has 8 nitrogen and oxygen atoms in total. The number of benzene rings is 1. The Kier molecular flexibility index (Phi) is 6.95. The van der Waals surface area contributed by atoms with Crippen LogP contribution in [-0.4, -0.2) is 46.1 Å². The van der Waals surface area contributed by atoms with Crippen LogP contribution in [0.5, 0.6) is 0 Å². The molecular formula is C29H35N5O3. The number of nitrogens with zero attached hydrogens (tertiary/aromatic N) is 2. The first-order valence-electron chi connectivity index (χ1n) is 12.5. The standard InChI is InChI=1S/C29H35N5O3/c1-18(35)31-23-14-19(12-13-30-23)25-26(32-20-10-8-7-9-11-20)24-21(33-25)15-29(5,16-22(24)36)27(37)34(6)17-28(2,3)4/h7-14,32-33H,15-17H2,1-6H3,(H,30,31,35). The fourth-order valence-electron chi connectivity index (χ4n) is 5.12. The third-order valence-electron chi connectivity index (χ3n) is 6.44. The number of ketones is 1. The smallest absolute Gasteiger partial charge is 0.229 e. The number of nitrogens with one attached hydrogen (secondary N) is 3. The Morgan fingerprint density at radius 3 is 2.49 bits per heavy atom. The number of para-hydroxylation sites is 1. The van der Waals surface area contributed by atoms with E-state index in [4.69, 9.17) is 0 Å². The molecule has 194 valence electrons. The van der Waals surface area contributed by atoms with Gasteiger partial charge >= 0.3 is 0 Å². The number of pyridine rings is 1. The van der Waals surface area contributed by atoms with Crippen LogP contribution in [0.15, 0.2) is 48.7 Å². The zero-order valence-corrected chi connectivity index (χ0v) is 22.4. The lowest BCUT2D eigenvalue weighted by molar-refractivity contribution is -0.141. The van der Waals surface area contributed by atoms with Crippen molar-refractivity contribution in [2.75, 3.05) is 24.2 Å². The number of amides is 2. The van der Waals surface area contributed by atoms with E-state index < -0.39 is 5.41 Å². The van der Waals surface area contributed by atoms with Crippen molar-refractivity contribution < 1.29 is 14.4 Å². The molecule has 0 spiro atoms. The van der Waals surface area contributed by atoms with Crippen molar-refractivity contribution in [3.63, 3.8) is 0 Å². The van der Waals surface area contributed by atoms with Crippen LogP contribution in [-0.2, 0) is 16.0 Å². The molecule has 2 amide bonds. The number of H-pyrrole nitrogens is 1. The van der Waals surface area contributed by atoms with Gasteiger partial charge in [-0.15, -0.1) is 0 Å². The van der Waals surface area contributed by atoms with Crippen molar-refractivity contribution in [1.29, 1.82) is 0 Å². The molecule has 3 aromatic rings. The van der Waals surface area contributed by atoms with Crippen LogP contribution in [0, 0.1) is 10.8 Å². The Morgan fingerprint density at radius 1 is 1.14 bits per heavy atom. The van der Waals surface area contributed by atoms with E-state index in [0.29, 0.717) is 35.7 Å². The van der Waals surface area contributed by atoms with Gasteiger partial charge in [0, 0.05) is 56.5 Å². The fraction of sp³-hybridized carbons (Fsp3) is 0.379. The number of aromatic nitrogens is 2. The summed E-state index contributed by atoms with van der Waals surface area (Å²) in [6.45, 7) is 10.2. The number of hydrogen-bond donors (Lipinski definition) is 3. The highest BCUT2D eigenvalue weighted by Crippen LogP contribution is 2.44. The molecule has 4 rings (SSSR count). The molecule has 3 N–H and O–H groups in total. The Morgan fingerprint density at radius 2 is 1.84 bits per heavy atom. The first kappa shape index (κ1) is 26.1. The van der Waals surface area contributed by atoms with Crippen LogP contribution in [0.1, 0.15) is 57.1 Å². The molecular weight excluding hydrogens is 466 g/mol. The van der Waals surface area contributed by atoms with Gasteiger partial charge in [0.1, 0.15) is 5.82 Å². The molecule has 0 fully saturated rings. The summed E-state index contributed by atoms with van der Waals surface area (Å²) < 4.78 is 0. The minimum absolute atomic E-state index is 0.0352. The summed E-state index contributed by atoms with van der Waals surface area (Å²) in [6.07, 6.45) is 2.15. The summed E-state index contributed by atoms with van der Waals surface area (Å²) in [7, 11) is 1.81. The van der Waals surface area contributed by atoms with Gasteiger partial charge in [-0.3, -0.25) is 14.4 Å². The summed E-state index contributed by atoms with van der Waals surface area (Å²) in [5.74, 6) is 0.0746. The van der Waals surface area contributed by atoms with E-state index in [-0.39, 0.29) is 29.4 Å². The van der Waals surface area contributed by atoms with E-state index in [1.165, 1.54) is 6.92 Å². The number of anilines is 3. The van der Waals surface area contributed by atoms with E-state index in [1.54, 1.807) is 17.2 Å². The summed E-state index contributed by atoms with van der Waals surface area (Å²) in [5, 5.41) is 6.14. The normalized spacial score (nSPS) is 17.2. The quantitative estimate of drug-likeness (QED) is 0.418. The first-order valence-corrected chi connectivity index (χ1v) is 12.5. The number of carbonyl (C=O) groups excluding carboxylic acids is 3. The first-order chi connectivity index (χ1) is 17.4. The van der Waals surface area contributed by atoms with Gasteiger partial charge in [-0.1, -0.05) is 39.0 Å². The molecule has 8 heteroatoms. The van der Waals surface area contributed by atoms with Crippen molar-refractivity contribution >= 4 is 34.8 Å². The largest absolute Gasteiger partial charge is 0.356 e.